The molecule has 0 aromatic rings. The largest absolute Gasteiger partial charge is 0.383 e. The number of amides is 2. The maximum absolute atomic E-state index is 12.1. The zero-order chi connectivity index (χ0) is 18.6. The Labute approximate surface area is 147 Å². The van der Waals surface area contributed by atoms with E-state index in [1.807, 2.05) is 34.6 Å². The van der Waals surface area contributed by atoms with Crippen LogP contribution < -0.4 is 10.6 Å². The molecule has 2 amide bonds. The van der Waals surface area contributed by atoms with Crippen LogP contribution in [0.3, 0.4) is 0 Å². The summed E-state index contributed by atoms with van der Waals surface area (Å²) in [5.41, 5.74) is -0.818. The SMILES string of the molecule is CCCC(=O)NCCC(C)(C)OCCC(C)(C)C(=O)NCCOC. The molecule has 0 saturated carbocycles. The molecule has 0 radical (unpaired) electrons. The molecule has 0 atom stereocenters. The summed E-state index contributed by atoms with van der Waals surface area (Å²) in [4.78, 5) is 23.6. The maximum Gasteiger partial charge on any atom is 0.225 e. The lowest BCUT2D eigenvalue weighted by molar-refractivity contribution is -0.131. The van der Waals surface area contributed by atoms with Gasteiger partial charge in [-0.15, -0.1) is 0 Å². The van der Waals surface area contributed by atoms with Crippen LogP contribution in [0.15, 0.2) is 0 Å². The lowest BCUT2D eigenvalue weighted by Crippen LogP contribution is -2.40. The molecule has 0 unspecified atom stereocenters. The van der Waals surface area contributed by atoms with Crippen molar-refractivity contribution in [3.8, 4) is 0 Å². The van der Waals surface area contributed by atoms with Gasteiger partial charge in [-0.2, -0.15) is 0 Å². The van der Waals surface area contributed by atoms with Gasteiger partial charge in [0, 0.05) is 38.6 Å². The monoisotopic (exact) mass is 344 g/mol. The van der Waals surface area contributed by atoms with Gasteiger partial charge < -0.3 is 20.1 Å². The molecule has 0 spiro atoms. The van der Waals surface area contributed by atoms with Crippen molar-refractivity contribution in [3.05, 3.63) is 0 Å². The highest BCUT2D eigenvalue weighted by atomic mass is 16.5. The van der Waals surface area contributed by atoms with E-state index < -0.39 is 5.41 Å². The van der Waals surface area contributed by atoms with E-state index in [4.69, 9.17) is 9.47 Å². The van der Waals surface area contributed by atoms with Crippen molar-refractivity contribution in [3.63, 3.8) is 0 Å². The van der Waals surface area contributed by atoms with E-state index in [2.05, 4.69) is 10.6 Å². The first-order valence-corrected chi connectivity index (χ1v) is 8.82. The minimum absolute atomic E-state index is 0.00721. The summed E-state index contributed by atoms with van der Waals surface area (Å²) in [6, 6.07) is 0. The van der Waals surface area contributed by atoms with E-state index in [1.54, 1.807) is 7.11 Å². The van der Waals surface area contributed by atoms with Crippen LogP contribution in [0.25, 0.3) is 0 Å². The Morgan fingerprint density at radius 3 is 2.21 bits per heavy atom. The molecule has 6 heteroatoms. The van der Waals surface area contributed by atoms with Crippen LogP contribution in [0.5, 0.6) is 0 Å². The van der Waals surface area contributed by atoms with Crippen LogP contribution in [0.2, 0.25) is 0 Å². The van der Waals surface area contributed by atoms with Crippen molar-refractivity contribution >= 4 is 11.8 Å². The summed E-state index contributed by atoms with van der Waals surface area (Å²) in [6.07, 6.45) is 2.79. The fourth-order valence-corrected chi connectivity index (χ4v) is 2.09. The zero-order valence-electron chi connectivity index (χ0n) is 16.3. The average molecular weight is 344 g/mol. The van der Waals surface area contributed by atoms with Crippen molar-refractivity contribution in [2.75, 3.05) is 33.4 Å². The normalized spacial score (nSPS) is 12.1. The quantitative estimate of drug-likeness (QED) is 0.503. The number of carbonyl (C=O) groups excluding carboxylic acids is 2. The molecule has 0 rings (SSSR count). The number of methoxy groups -OCH3 is 1. The molecule has 0 aromatic carbocycles. The summed E-state index contributed by atoms with van der Waals surface area (Å²) in [6.45, 7) is 12.0. The number of rotatable bonds is 13. The lowest BCUT2D eigenvalue weighted by Gasteiger charge is -2.29. The molecular formula is C18H36N2O4. The van der Waals surface area contributed by atoms with Crippen LogP contribution in [-0.2, 0) is 19.1 Å². The molecular weight excluding hydrogens is 308 g/mol. The van der Waals surface area contributed by atoms with Crippen molar-refractivity contribution in [2.45, 2.75) is 65.9 Å². The first-order valence-electron chi connectivity index (χ1n) is 8.82. The van der Waals surface area contributed by atoms with Gasteiger partial charge in [0.1, 0.15) is 0 Å². The van der Waals surface area contributed by atoms with Crippen molar-refractivity contribution in [1.29, 1.82) is 0 Å². The fourth-order valence-electron chi connectivity index (χ4n) is 2.09. The van der Waals surface area contributed by atoms with Gasteiger partial charge in [-0.25, -0.2) is 0 Å². The minimum Gasteiger partial charge on any atom is -0.383 e. The second-order valence-corrected chi connectivity index (χ2v) is 7.34. The van der Waals surface area contributed by atoms with E-state index in [9.17, 15) is 9.59 Å². The molecule has 0 saturated heterocycles. The molecule has 0 heterocycles. The van der Waals surface area contributed by atoms with Gasteiger partial charge in [0.2, 0.25) is 11.8 Å². The van der Waals surface area contributed by atoms with Gasteiger partial charge >= 0.3 is 0 Å². The van der Waals surface area contributed by atoms with Crippen LogP contribution >= 0.6 is 0 Å². The van der Waals surface area contributed by atoms with Crippen LogP contribution in [-0.4, -0.2) is 50.8 Å². The second kappa shape index (κ2) is 11.4. The van der Waals surface area contributed by atoms with Crippen LogP contribution in [0.1, 0.15) is 60.3 Å². The smallest absolute Gasteiger partial charge is 0.225 e. The molecule has 24 heavy (non-hydrogen) atoms. The highest BCUT2D eigenvalue weighted by Gasteiger charge is 2.28. The third-order valence-electron chi connectivity index (χ3n) is 3.95. The number of ether oxygens (including phenoxy) is 2. The predicted octanol–water partition coefficient (Wildman–Crippen LogP) is 2.27. The summed E-state index contributed by atoms with van der Waals surface area (Å²) in [7, 11) is 1.61. The number of hydrogen-bond donors (Lipinski definition) is 2. The lowest BCUT2D eigenvalue weighted by atomic mass is 9.88. The van der Waals surface area contributed by atoms with E-state index in [1.165, 1.54) is 0 Å². The zero-order valence-corrected chi connectivity index (χ0v) is 16.3. The molecule has 0 aliphatic heterocycles. The van der Waals surface area contributed by atoms with E-state index in [0.29, 0.717) is 39.1 Å². The third kappa shape index (κ3) is 10.6. The fraction of sp³-hybridized carbons (Fsp3) is 0.889. The van der Waals surface area contributed by atoms with E-state index >= 15 is 0 Å². The van der Waals surface area contributed by atoms with Crippen molar-refractivity contribution in [2.24, 2.45) is 5.41 Å². The van der Waals surface area contributed by atoms with Gasteiger partial charge in [-0.05, 0) is 33.1 Å². The van der Waals surface area contributed by atoms with Gasteiger partial charge in [-0.3, -0.25) is 9.59 Å². The molecule has 0 aliphatic carbocycles. The highest BCUT2D eigenvalue weighted by molar-refractivity contribution is 5.81. The molecule has 0 aliphatic rings. The van der Waals surface area contributed by atoms with Gasteiger partial charge in [0.25, 0.3) is 0 Å². The number of carbonyl (C=O) groups is 2. The summed E-state index contributed by atoms with van der Waals surface area (Å²) >= 11 is 0. The Balaban J connectivity index is 4.08. The number of nitrogens with one attached hydrogen (secondary N) is 2. The average Bonchev–Trinajstić information content (AvgIpc) is 2.46. The predicted molar refractivity (Wildman–Crippen MR) is 95.8 cm³/mol. The van der Waals surface area contributed by atoms with Crippen LogP contribution in [0, 0.1) is 5.41 Å². The molecule has 0 aromatic heterocycles. The van der Waals surface area contributed by atoms with Gasteiger partial charge in [0.15, 0.2) is 0 Å². The molecule has 2 N–H and O–H groups in total. The summed E-state index contributed by atoms with van der Waals surface area (Å²) < 4.78 is 10.9. The summed E-state index contributed by atoms with van der Waals surface area (Å²) in [5.74, 6) is 0.0925. The Kier molecular flexibility index (Phi) is 10.9. The Morgan fingerprint density at radius 1 is 0.958 bits per heavy atom. The minimum atomic E-state index is -0.487. The van der Waals surface area contributed by atoms with E-state index in [0.717, 1.165) is 12.8 Å². The molecule has 0 bridgehead atoms. The van der Waals surface area contributed by atoms with Crippen LogP contribution in [0.4, 0.5) is 0 Å². The van der Waals surface area contributed by atoms with Crippen molar-refractivity contribution in [1.82, 2.24) is 10.6 Å². The third-order valence-corrected chi connectivity index (χ3v) is 3.95. The molecule has 142 valence electrons. The van der Waals surface area contributed by atoms with E-state index in [-0.39, 0.29) is 17.4 Å². The second-order valence-electron chi connectivity index (χ2n) is 7.34. The first kappa shape index (κ1) is 22.9. The Bertz CT molecular complexity index is 381. The highest BCUT2D eigenvalue weighted by Crippen LogP contribution is 2.23. The molecule has 6 nitrogen and oxygen atoms in total. The maximum atomic E-state index is 12.1. The standard InChI is InChI=1S/C18H36N2O4/c1-7-8-15(21)19-11-9-18(4,5)24-13-10-17(2,3)16(22)20-12-14-23-6/h7-14H2,1-6H3,(H,19,21)(H,20,22). The van der Waals surface area contributed by atoms with Crippen molar-refractivity contribution < 1.29 is 19.1 Å². The Morgan fingerprint density at radius 2 is 1.62 bits per heavy atom. The topological polar surface area (TPSA) is 76.7 Å². The number of hydrogen-bond acceptors (Lipinski definition) is 4. The molecule has 0 fully saturated rings. The first-order chi connectivity index (χ1) is 11.1. The summed E-state index contributed by atoms with van der Waals surface area (Å²) in [5, 5.41) is 5.76. The Hall–Kier alpha value is -1.14. The van der Waals surface area contributed by atoms with Gasteiger partial charge in [-0.1, -0.05) is 20.8 Å². The van der Waals surface area contributed by atoms with Gasteiger partial charge in [0.05, 0.1) is 12.2 Å².